The van der Waals surface area contributed by atoms with Crippen molar-refractivity contribution in [1.82, 2.24) is 5.32 Å². The summed E-state index contributed by atoms with van der Waals surface area (Å²) < 4.78 is 0. The fraction of sp³-hybridized carbons (Fsp3) is 0.500. The van der Waals surface area contributed by atoms with Gasteiger partial charge in [0.1, 0.15) is 0 Å². The maximum atomic E-state index is 10.5. The molecule has 86 valence electrons. The van der Waals surface area contributed by atoms with Crippen molar-refractivity contribution in [3.05, 3.63) is 39.9 Å². The first kappa shape index (κ1) is 11.1. The molecule has 0 unspecified atom stereocenters. The third-order valence-electron chi connectivity index (χ3n) is 3.07. The van der Waals surface area contributed by atoms with Crippen LogP contribution in [0.15, 0.2) is 24.3 Å². The van der Waals surface area contributed by atoms with Gasteiger partial charge in [0.2, 0.25) is 0 Å². The average Bonchev–Trinajstić information content (AvgIpc) is 2.31. The summed E-state index contributed by atoms with van der Waals surface area (Å²) in [6.45, 7) is 2.19. The highest BCUT2D eigenvalue weighted by molar-refractivity contribution is 5.33. The van der Waals surface area contributed by atoms with Gasteiger partial charge in [0, 0.05) is 12.1 Å². The summed E-state index contributed by atoms with van der Waals surface area (Å²) in [4.78, 5) is 10.1. The molecule has 1 N–H and O–H groups in total. The van der Waals surface area contributed by atoms with Crippen LogP contribution in [0.5, 0.6) is 0 Å². The smallest absolute Gasteiger partial charge is 0.269 e. The molecule has 1 aliphatic rings. The molecule has 0 aliphatic carbocycles. The maximum absolute atomic E-state index is 10.5. The Kier molecular flexibility index (Phi) is 3.51. The number of nitro groups is 1. The van der Waals surface area contributed by atoms with Gasteiger partial charge in [0.25, 0.3) is 5.69 Å². The van der Waals surface area contributed by atoms with Gasteiger partial charge in [0.05, 0.1) is 4.92 Å². The zero-order chi connectivity index (χ0) is 11.4. The van der Waals surface area contributed by atoms with Crippen LogP contribution in [0.3, 0.4) is 0 Å². The van der Waals surface area contributed by atoms with E-state index in [1.807, 2.05) is 12.1 Å². The molecule has 1 atom stereocenters. The first-order valence-corrected chi connectivity index (χ1v) is 5.70. The SMILES string of the molecule is O=[N+]([O-])c1ccc(C[C@@H]2CCCNC2)cc1. The van der Waals surface area contributed by atoms with Crippen molar-refractivity contribution in [2.24, 2.45) is 5.92 Å². The number of piperidine rings is 1. The van der Waals surface area contributed by atoms with Gasteiger partial charge < -0.3 is 5.32 Å². The van der Waals surface area contributed by atoms with E-state index in [1.54, 1.807) is 12.1 Å². The monoisotopic (exact) mass is 220 g/mol. The van der Waals surface area contributed by atoms with Crippen molar-refractivity contribution in [3.8, 4) is 0 Å². The summed E-state index contributed by atoms with van der Waals surface area (Å²) in [6, 6.07) is 6.91. The number of nitro benzene ring substituents is 1. The minimum Gasteiger partial charge on any atom is -0.316 e. The third kappa shape index (κ3) is 2.79. The van der Waals surface area contributed by atoms with Crippen LogP contribution >= 0.6 is 0 Å². The van der Waals surface area contributed by atoms with Gasteiger partial charge >= 0.3 is 0 Å². The Morgan fingerprint density at radius 3 is 2.69 bits per heavy atom. The molecule has 1 aromatic carbocycles. The van der Waals surface area contributed by atoms with E-state index < -0.39 is 0 Å². The van der Waals surface area contributed by atoms with Gasteiger partial charge in [-0.15, -0.1) is 0 Å². The van der Waals surface area contributed by atoms with E-state index in [1.165, 1.54) is 18.4 Å². The van der Waals surface area contributed by atoms with Gasteiger partial charge in [-0.3, -0.25) is 10.1 Å². The maximum Gasteiger partial charge on any atom is 0.269 e. The second-order valence-electron chi connectivity index (χ2n) is 4.34. The Hall–Kier alpha value is -1.42. The number of nitrogens with zero attached hydrogens (tertiary/aromatic N) is 1. The van der Waals surface area contributed by atoms with Crippen LogP contribution in [0.2, 0.25) is 0 Å². The van der Waals surface area contributed by atoms with Crippen molar-refractivity contribution in [2.45, 2.75) is 19.3 Å². The lowest BCUT2D eigenvalue weighted by Gasteiger charge is -2.22. The van der Waals surface area contributed by atoms with Crippen molar-refractivity contribution >= 4 is 5.69 Å². The molecular weight excluding hydrogens is 204 g/mol. The fourth-order valence-electron chi connectivity index (χ4n) is 2.19. The van der Waals surface area contributed by atoms with Gasteiger partial charge in [-0.05, 0) is 43.8 Å². The fourth-order valence-corrected chi connectivity index (χ4v) is 2.19. The van der Waals surface area contributed by atoms with E-state index in [9.17, 15) is 10.1 Å². The summed E-state index contributed by atoms with van der Waals surface area (Å²) in [6.07, 6.45) is 3.51. The standard InChI is InChI=1S/C12H16N2O2/c15-14(16)12-5-3-10(4-6-12)8-11-2-1-7-13-9-11/h3-6,11,13H,1-2,7-9H2/t11-/m0/s1. The lowest BCUT2D eigenvalue weighted by atomic mass is 9.92. The van der Waals surface area contributed by atoms with Crippen LogP contribution < -0.4 is 5.32 Å². The molecular formula is C12H16N2O2. The molecule has 16 heavy (non-hydrogen) atoms. The first-order chi connectivity index (χ1) is 7.75. The molecule has 4 nitrogen and oxygen atoms in total. The van der Waals surface area contributed by atoms with E-state index >= 15 is 0 Å². The predicted octanol–water partition coefficient (Wildman–Crippen LogP) is 2.14. The number of rotatable bonds is 3. The van der Waals surface area contributed by atoms with Gasteiger partial charge in [-0.2, -0.15) is 0 Å². The van der Waals surface area contributed by atoms with Crippen molar-refractivity contribution < 1.29 is 4.92 Å². The molecule has 1 fully saturated rings. The summed E-state index contributed by atoms with van der Waals surface area (Å²) >= 11 is 0. The lowest BCUT2D eigenvalue weighted by molar-refractivity contribution is -0.384. The Balaban J connectivity index is 1.96. The molecule has 1 aliphatic heterocycles. The first-order valence-electron chi connectivity index (χ1n) is 5.70. The Labute approximate surface area is 94.8 Å². The number of nitrogens with one attached hydrogen (secondary N) is 1. The van der Waals surface area contributed by atoms with E-state index in [4.69, 9.17) is 0 Å². The second kappa shape index (κ2) is 5.07. The summed E-state index contributed by atoms with van der Waals surface area (Å²) in [7, 11) is 0. The molecule has 0 aromatic heterocycles. The van der Waals surface area contributed by atoms with Crippen LogP contribution in [0.25, 0.3) is 0 Å². The minimum atomic E-state index is -0.355. The largest absolute Gasteiger partial charge is 0.316 e. The molecule has 1 saturated heterocycles. The highest BCUT2D eigenvalue weighted by atomic mass is 16.6. The summed E-state index contributed by atoms with van der Waals surface area (Å²) in [5.41, 5.74) is 1.37. The molecule has 1 aromatic rings. The predicted molar refractivity (Wildman–Crippen MR) is 62.4 cm³/mol. The Morgan fingerprint density at radius 2 is 2.12 bits per heavy atom. The molecule has 0 saturated carbocycles. The number of non-ortho nitro benzene ring substituents is 1. The zero-order valence-corrected chi connectivity index (χ0v) is 9.19. The second-order valence-corrected chi connectivity index (χ2v) is 4.34. The van der Waals surface area contributed by atoms with Crippen molar-refractivity contribution in [3.63, 3.8) is 0 Å². The van der Waals surface area contributed by atoms with Crippen molar-refractivity contribution in [1.29, 1.82) is 0 Å². The van der Waals surface area contributed by atoms with E-state index in [-0.39, 0.29) is 10.6 Å². The van der Waals surface area contributed by atoms with Crippen molar-refractivity contribution in [2.75, 3.05) is 13.1 Å². The number of hydrogen-bond donors (Lipinski definition) is 1. The molecule has 2 rings (SSSR count). The van der Waals surface area contributed by atoms with Gasteiger partial charge in [-0.25, -0.2) is 0 Å². The highest BCUT2D eigenvalue weighted by Gasteiger charge is 2.13. The van der Waals surface area contributed by atoms with Gasteiger partial charge in [-0.1, -0.05) is 12.1 Å². The van der Waals surface area contributed by atoms with Crippen LogP contribution in [0.1, 0.15) is 18.4 Å². The summed E-state index contributed by atoms with van der Waals surface area (Å²) in [5.74, 6) is 0.676. The number of hydrogen-bond acceptors (Lipinski definition) is 3. The van der Waals surface area contributed by atoms with Crippen LogP contribution in [-0.2, 0) is 6.42 Å². The Bertz CT molecular complexity index is 356. The van der Waals surface area contributed by atoms with Gasteiger partial charge in [0.15, 0.2) is 0 Å². The topological polar surface area (TPSA) is 55.2 Å². The summed E-state index contributed by atoms with van der Waals surface area (Å²) in [5, 5.41) is 13.9. The molecule has 0 spiro atoms. The highest BCUT2D eigenvalue weighted by Crippen LogP contribution is 2.18. The quantitative estimate of drug-likeness (QED) is 0.627. The van der Waals surface area contributed by atoms with E-state index in [0.29, 0.717) is 5.92 Å². The molecule has 0 amide bonds. The zero-order valence-electron chi connectivity index (χ0n) is 9.19. The minimum absolute atomic E-state index is 0.172. The molecule has 4 heteroatoms. The third-order valence-corrected chi connectivity index (χ3v) is 3.07. The molecule has 0 bridgehead atoms. The van der Waals surface area contributed by atoms with Crippen LogP contribution in [0.4, 0.5) is 5.69 Å². The van der Waals surface area contributed by atoms with E-state index in [0.717, 1.165) is 19.5 Å². The van der Waals surface area contributed by atoms with Crippen LogP contribution in [-0.4, -0.2) is 18.0 Å². The normalized spacial score (nSPS) is 20.6. The Morgan fingerprint density at radius 1 is 1.38 bits per heavy atom. The lowest BCUT2D eigenvalue weighted by Crippen LogP contribution is -2.30. The molecule has 1 heterocycles. The van der Waals surface area contributed by atoms with Crippen LogP contribution in [0, 0.1) is 16.0 Å². The van der Waals surface area contributed by atoms with E-state index in [2.05, 4.69) is 5.32 Å². The average molecular weight is 220 g/mol. The number of benzene rings is 1. The molecule has 0 radical (unpaired) electrons.